The number of nitrogens with one attached hydrogen (secondary N) is 1. The second-order valence-corrected chi connectivity index (χ2v) is 4.58. The molecule has 0 unspecified atom stereocenters. The number of hydrogen-bond acceptors (Lipinski definition) is 4. The lowest BCUT2D eigenvalue weighted by molar-refractivity contribution is 0.0954. The molecule has 0 saturated heterocycles. The summed E-state index contributed by atoms with van der Waals surface area (Å²) < 4.78 is 0. The molecule has 1 N–H and O–H groups in total. The highest BCUT2D eigenvalue weighted by Crippen LogP contribution is 2.14. The van der Waals surface area contributed by atoms with Gasteiger partial charge in [-0.1, -0.05) is 0 Å². The highest BCUT2D eigenvalue weighted by Gasteiger charge is 2.07. The fourth-order valence-electron chi connectivity index (χ4n) is 1.24. The van der Waals surface area contributed by atoms with Gasteiger partial charge >= 0.3 is 0 Å². The van der Waals surface area contributed by atoms with Crippen LogP contribution in [0.5, 0.6) is 0 Å². The van der Waals surface area contributed by atoms with E-state index in [2.05, 4.69) is 15.3 Å². The molecule has 16 heavy (non-hydrogen) atoms. The molecular formula is C11H11N3OS. The van der Waals surface area contributed by atoms with E-state index in [0.29, 0.717) is 6.54 Å². The van der Waals surface area contributed by atoms with Crippen LogP contribution in [0.4, 0.5) is 0 Å². The van der Waals surface area contributed by atoms with Gasteiger partial charge in [-0.3, -0.25) is 4.79 Å². The molecule has 0 spiro atoms. The fraction of sp³-hybridized carbons (Fsp3) is 0.182. The number of rotatable bonds is 3. The monoisotopic (exact) mass is 233 g/mol. The van der Waals surface area contributed by atoms with Crippen LogP contribution in [0.2, 0.25) is 0 Å². The first-order valence-corrected chi connectivity index (χ1v) is 5.67. The first-order chi connectivity index (χ1) is 7.75. The molecule has 4 nitrogen and oxygen atoms in total. The molecule has 5 heteroatoms. The summed E-state index contributed by atoms with van der Waals surface area (Å²) in [7, 11) is 0. The van der Waals surface area contributed by atoms with Crippen molar-refractivity contribution >= 4 is 17.2 Å². The van der Waals surface area contributed by atoms with E-state index in [1.54, 1.807) is 12.3 Å². The molecule has 0 aromatic carbocycles. The quantitative estimate of drug-likeness (QED) is 0.879. The van der Waals surface area contributed by atoms with Crippen molar-refractivity contribution in [3.8, 4) is 0 Å². The molecule has 2 aromatic heterocycles. The van der Waals surface area contributed by atoms with Crippen LogP contribution in [0.3, 0.4) is 0 Å². The number of carbonyl (C=O) groups excluding carboxylic acids is 1. The largest absolute Gasteiger partial charge is 0.346 e. The van der Waals surface area contributed by atoms with Crippen molar-refractivity contribution in [1.29, 1.82) is 0 Å². The maximum Gasteiger partial charge on any atom is 0.261 e. The summed E-state index contributed by atoms with van der Waals surface area (Å²) in [6, 6.07) is 5.54. The fourth-order valence-corrected chi connectivity index (χ4v) is 2.02. The molecular weight excluding hydrogens is 222 g/mol. The van der Waals surface area contributed by atoms with E-state index in [0.717, 1.165) is 15.4 Å². The molecule has 0 aliphatic rings. The summed E-state index contributed by atoms with van der Waals surface area (Å²) in [5.74, 6) is -0.0586. The molecule has 82 valence electrons. The summed E-state index contributed by atoms with van der Waals surface area (Å²) in [6.07, 6.45) is 3.13. The number of aryl methyl sites for hydroxylation is 1. The minimum Gasteiger partial charge on any atom is -0.346 e. The smallest absolute Gasteiger partial charge is 0.261 e. The molecule has 2 rings (SSSR count). The van der Waals surface area contributed by atoms with E-state index < -0.39 is 0 Å². The lowest BCUT2D eigenvalue weighted by Gasteiger charge is -2.01. The SMILES string of the molecule is Cc1ccc(C(=O)NCc2ccncn2)s1. The van der Waals surface area contributed by atoms with Crippen molar-refractivity contribution in [3.05, 3.63) is 46.2 Å². The summed E-state index contributed by atoms with van der Waals surface area (Å²) in [4.78, 5) is 21.4. The van der Waals surface area contributed by atoms with Crippen LogP contribution < -0.4 is 5.32 Å². The lowest BCUT2D eigenvalue weighted by atomic mass is 10.4. The van der Waals surface area contributed by atoms with Crippen molar-refractivity contribution in [3.63, 3.8) is 0 Å². The Labute approximate surface area is 97.4 Å². The Balaban J connectivity index is 1.94. The maximum absolute atomic E-state index is 11.7. The van der Waals surface area contributed by atoms with Crippen LogP contribution in [0, 0.1) is 6.92 Å². The third-order valence-corrected chi connectivity index (χ3v) is 3.04. The Bertz CT molecular complexity index is 481. The summed E-state index contributed by atoms with van der Waals surface area (Å²) in [5.41, 5.74) is 0.802. The Hall–Kier alpha value is -1.75. The average molecular weight is 233 g/mol. The third-order valence-electron chi connectivity index (χ3n) is 2.04. The van der Waals surface area contributed by atoms with Gasteiger partial charge in [0.2, 0.25) is 0 Å². The van der Waals surface area contributed by atoms with Crippen molar-refractivity contribution in [2.45, 2.75) is 13.5 Å². The van der Waals surface area contributed by atoms with E-state index in [-0.39, 0.29) is 5.91 Å². The minimum absolute atomic E-state index is 0.0586. The van der Waals surface area contributed by atoms with Crippen molar-refractivity contribution in [2.75, 3.05) is 0 Å². The first kappa shape index (κ1) is 10.8. The standard InChI is InChI=1S/C11H11N3OS/c1-8-2-3-10(16-8)11(15)13-6-9-4-5-12-7-14-9/h2-5,7H,6H2,1H3,(H,13,15). The van der Waals surface area contributed by atoms with Gasteiger partial charge in [0.25, 0.3) is 5.91 Å². The second-order valence-electron chi connectivity index (χ2n) is 3.29. The zero-order valence-corrected chi connectivity index (χ0v) is 9.62. The number of hydrogen-bond donors (Lipinski definition) is 1. The van der Waals surface area contributed by atoms with Crippen LogP contribution in [0.15, 0.2) is 30.7 Å². The number of thiophene rings is 1. The van der Waals surface area contributed by atoms with Crippen molar-refractivity contribution in [2.24, 2.45) is 0 Å². The highest BCUT2D eigenvalue weighted by atomic mass is 32.1. The predicted molar refractivity (Wildman–Crippen MR) is 62.3 cm³/mol. The van der Waals surface area contributed by atoms with E-state index >= 15 is 0 Å². The van der Waals surface area contributed by atoms with Crippen LogP contribution in [0.1, 0.15) is 20.2 Å². The Kier molecular flexibility index (Phi) is 3.26. The Morgan fingerprint density at radius 1 is 1.44 bits per heavy atom. The lowest BCUT2D eigenvalue weighted by Crippen LogP contribution is -2.22. The van der Waals surface area contributed by atoms with Crippen molar-refractivity contribution < 1.29 is 4.79 Å². The van der Waals surface area contributed by atoms with Crippen LogP contribution in [-0.4, -0.2) is 15.9 Å². The summed E-state index contributed by atoms with van der Waals surface area (Å²) >= 11 is 1.49. The van der Waals surface area contributed by atoms with Crippen LogP contribution in [0.25, 0.3) is 0 Å². The van der Waals surface area contributed by atoms with Crippen LogP contribution in [-0.2, 0) is 6.54 Å². The van der Waals surface area contributed by atoms with Gasteiger partial charge in [-0.2, -0.15) is 0 Å². The first-order valence-electron chi connectivity index (χ1n) is 4.85. The Morgan fingerprint density at radius 3 is 2.94 bits per heavy atom. The van der Waals surface area contributed by atoms with Crippen LogP contribution >= 0.6 is 11.3 Å². The topological polar surface area (TPSA) is 54.9 Å². The number of amides is 1. The number of nitrogens with zero attached hydrogens (tertiary/aromatic N) is 2. The van der Waals surface area contributed by atoms with Crippen molar-refractivity contribution in [1.82, 2.24) is 15.3 Å². The number of carbonyl (C=O) groups is 1. The van der Waals surface area contributed by atoms with E-state index in [4.69, 9.17) is 0 Å². The molecule has 0 aliphatic heterocycles. The van der Waals surface area contributed by atoms with Gasteiger partial charge in [0.15, 0.2) is 0 Å². The highest BCUT2D eigenvalue weighted by molar-refractivity contribution is 7.13. The molecule has 0 atom stereocenters. The van der Waals surface area contributed by atoms with Gasteiger partial charge in [0, 0.05) is 11.1 Å². The minimum atomic E-state index is -0.0586. The van der Waals surface area contributed by atoms with Gasteiger partial charge in [-0.15, -0.1) is 11.3 Å². The zero-order valence-electron chi connectivity index (χ0n) is 8.80. The summed E-state index contributed by atoms with van der Waals surface area (Å²) in [6.45, 7) is 2.41. The number of aromatic nitrogens is 2. The molecule has 1 amide bonds. The molecule has 2 aromatic rings. The molecule has 0 fully saturated rings. The Morgan fingerprint density at radius 2 is 2.31 bits per heavy atom. The zero-order chi connectivity index (χ0) is 11.4. The van der Waals surface area contributed by atoms with Gasteiger partial charge < -0.3 is 5.32 Å². The summed E-state index contributed by atoms with van der Waals surface area (Å²) in [5, 5.41) is 2.81. The average Bonchev–Trinajstić information content (AvgIpc) is 2.74. The maximum atomic E-state index is 11.7. The molecule has 0 radical (unpaired) electrons. The van der Waals surface area contributed by atoms with E-state index in [1.165, 1.54) is 17.7 Å². The predicted octanol–water partition coefficient (Wildman–Crippen LogP) is 1.78. The molecule has 0 aliphatic carbocycles. The molecule has 2 heterocycles. The van der Waals surface area contributed by atoms with E-state index in [9.17, 15) is 4.79 Å². The molecule has 0 saturated carbocycles. The van der Waals surface area contributed by atoms with Gasteiger partial charge in [0.05, 0.1) is 17.1 Å². The molecule has 0 bridgehead atoms. The van der Waals surface area contributed by atoms with Gasteiger partial charge in [-0.25, -0.2) is 9.97 Å². The third kappa shape index (κ3) is 2.64. The normalized spacial score (nSPS) is 10.1. The van der Waals surface area contributed by atoms with Gasteiger partial charge in [0.1, 0.15) is 6.33 Å². The second kappa shape index (κ2) is 4.85. The van der Waals surface area contributed by atoms with E-state index in [1.807, 2.05) is 19.1 Å². The van der Waals surface area contributed by atoms with Gasteiger partial charge in [-0.05, 0) is 25.1 Å².